The van der Waals surface area contributed by atoms with Crippen LogP contribution >= 0.6 is 0 Å². The summed E-state index contributed by atoms with van der Waals surface area (Å²) in [6, 6.07) is 21.0. The summed E-state index contributed by atoms with van der Waals surface area (Å²) < 4.78 is 13.6. The number of hydrogen-bond acceptors (Lipinski definition) is 2. The van der Waals surface area contributed by atoms with E-state index in [1.54, 1.807) is 54.6 Å². The predicted octanol–water partition coefficient (Wildman–Crippen LogP) is 5.13. The van der Waals surface area contributed by atoms with Crippen molar-refractivity contribution in [3.8, 4) is 0 Å². The molecular formula is C20H17FN2O. The molecule has 4 heteroatoms. The molecule has 0 fully saturated rings. The highest BCUT2D eigenvalue weighted by atomic mass is 19.1. The van der Waals surface area contributed by atoms with Crippen molar-refractivity contribution in [3.05, 3.63) is 89.7 Å². The number of hydrogen-bond donors (Lipinski definition) is 2. The van der Waals surface area contributed by atoms with E-state index in [4.69, 9.17) is 0 Å². The molecule has 3 aromatic carbocycles. The highest BCUT2D eigenvalue weighted by Crippen LogP contribution is 2.21. The van der Waals surface area contributed by atoms with Gasteiger partial charge in [0.1, 0.15) is 5.82 Å². The summed E-state index contributed by atoms with van der Waals surface area (Å²) in [5, 5.41) is 5.84. The summed E-state index contributed by atoms with van der Waals surface area (Å²) in [5.41, 5.74) is 3.55. The SMILES string of the molecule is Cc1ccc(C(=O)Nc2ccc(Nc3ccccc3F)cc2)cc1. The first-order valence-electron chi connectivity index (χ1n) is 7.61. The standard InChI is InChI=1S/C20H17FN2O/c1-14-6-8-15(9-7-14)20(24)23-17-12-10-16(11-13-17)22-19-5-3-2-4-18(19)21/h2-13,22H,1H3,(H,23,24). The fourth-order valence-corrected chi connectivity index (χ4v) is 2.26. The molecule has 0 bridgehead atoms. The maximum atomic E-state index is 13.6. The average molecular weight is 320 g/mol. The Morgan fingerprint density at radius 3 is 2.12 bits per heavy atom. The third kappa shape index (κ3) is 3.79. The first-order chi connectivity index (χ1) is 11.6. The molecule has 0 unspecified atom stereocenters. The van der Waals surface area contributed by atoms with E-state index in [1.807, 2.05) is 19.1 Å². The fraction of sp³-hybridized carbons (Fsp3) is 0.0500. The first-order valence-corrected chi connectivity index (χ1v) is 7.61. The number of amides is 1. The van der Waals surface area contributed by atoms with Crippen molar-refractivity contribution in [1.82, 2.24) is 0 Å². The molecule has 0 heterocycles. The van der Waals surface area contributed by atoms with Crippen LogP contribution in [-0.2, 0) is 0 Å². The van der Waals surface area contributed by atoms with Gasteiger partial charge in [-0.3, -0.25) is 4.79 Å². The Hall–Kier alpha value is -3.14. The smallest absolute Gasteiger partial charge is 0.255 e. The molecule has 0 saturated carbocycles. The van der Waals surface area contributed by atoms with Crippen LogP contribution in [0.1, 0.15) is 15.9 Å². The Morgan fingerprint density at radius 2 is 1.46 bits per heavy atom. The maximum absolute atomic E-state index is 13.6. The van der Waals surface area contributed by atoms with Gasteiger partial charge in [0.05, 0.1) is 5.69 Å². The van der Waals surface area contributed by atoms with E-state index in [1.165, 1.54) is 6.07 Å². The van der Waals surface area contributed by atoms with Crippen molar-refractivity contribution in [2.75, 3.05) is 10.6 Å². The summed E-state index contributed by atoms with van der Waals surface area (Å²) in [6.07, 6.45) is 0. The van der Waals surface area contributed by atoms with Crippen molar-refractivity contribution >= 4 is 23.0 Å². The summed E-state index contributed by atoms with van der Waals surface area (Å²) in [7, 11) is 0. The third-order valence-corrected chi connectivity index (χ3v) is 3.61. The zero-order valence-electron chi connectivity index (χ0n) is 13.2. The second-order valence-corrected chi connectivity index (χ2v) is 5.50. The van der Waals surface area contributed by atoms with Crippen LogP contribution < -0.4 is 10.6 Å². The lowest BCUT2D eigenvalue weighted by Crippen LogP contribution is -2.11. The topological polar surface area (TPSA) is 41.1 Å². The number of benzene rings is 3. The minimum Gasteiger partial charge on any atom is -0.353 e. The molecule has 1 amide bonds. The molecule has 2 N–H and O–H groups in total. The zero-order chi connectivity index (χ0) is 16.9. The summed E-state index contributed by atoms with van der Waals surface area (Å²) in [5.74, 6) is -0.473. The lowest BCUT2D eigenvalue weighted by molar-refractivity contribution is 0.102. The van der Waals surface area contributed by atoms with Crippen LogP contribution in [0.2, 0.25) is 0 Å². The maximum Gasteiger partial charge on any atom is 0.255 e. The second kappa shape index (κ2) is 6.96. The molecule has 0 aliphatic carbocycles. The van der Waals surface area contributed by atoms with Crippen LogP contribution in [0.25, 0.3) is 0 Å². The molecule has 0 aromatic heterocycles. The van der Waals surface area contributed by atoms with E-state index < -0.39 is 0 Å². The number of carbonyl (C=O) groups is 1. The van der Waals surface area contributed by atoms with Crippen LogP contribution in [0.4, 0.5) is 21.5 Å². The molecule has 24 heavy (non-hydrogen) atoms. The number of nitrogens with one attached hydrogen (secondary N) is 2. The van der Waals surface area contributed by atoms with Gasteiger partial charge in [-0.25, -0.2) is 4.39 Å². The Labute approximate surface area is 140 Å². The van der Waals surface area contributed by atoms with E-state index in [9.17, 15) is 9.18 Å². The molecule has 3 nitrogen and oxygen atoms in total. The molecule has 3 aromatic rings. The van der Waals surface area contributed by atoms with E-state index >= 15 is 0 Å². The minimum atomic E-state index is -0.311. The third-order valence-electron chi connectivity index (χ3n) is 3.61. The first kappa shape index (κ1) is 15.7. The Bertz CT molecular complexity index is 842. The van der Waals surface area contributed by atoms with Gasteiger partial charge in [-0.2, -0.15) is 0 Å². The number of anilines is 3. The molecule has 0 saturated heterocycles. The van der Waals surface area contributed by atoms with Gasteiger partial charge in [0.2, 0.25) is 0 Å². The summed E-state index contributed by atoms with van der Waals surface area (Å²) in [4.78, 5) is 12.2. The number of rotatable bonds is 4. The molecular weight excluding hydrogens is 303 g/mol. The average Bonchev–Trinajstić information content (AvgIpc) is 2.59. The lowest BCUT2D eigenvalue weighted by atomic mass is 10.1. The molecule has 0 aliphatic rings. The molecule has 0 aliphatic heterocycles. The second-order valence-electron chi connectivity index (χ2n) is 5.50. The van der Waals surface area contributed by atoms with Gasteiger partial charge in [0.15, 0.2) is 0 Å². The van der Waals surface area contributed by atoms with Crippen LogP contribution in [0.5, 0.6) is 0 Å². The van der Waals surface area contributed by atoms with Crippen LogP contribution in [-0.4, -0.2) is 5.91 Å². The van der Waals surface area contributed by atoms with E-state index in [-0.39, 0.29) is 11.7 Å². The van der Waals surface area contributed by atoms with Crippen molar-refractivity contribution in [3.63, 3.8) is 0 Å². The molecule has 0 atom stereocenters. The van der Waals surface area contributed by atoms with Gasteiger partial charge < -0.3 is 10.6 Å². The number of halogens is 1. The van der Waals surface area contributed by atoms with Crippen LogP contribution in [0.15, 0.2) is 72.8 Å². The summed E-state index contributed by atoms with van der Waals surface area (Å²) >= 11 is 0. The Kier molecular flexibility index (Phi) is 4.57. The van der Waals surface area contributed by atoms with Crippen molar-refractivity contribution in [2.45, 2.75) is 6.92 Å². The van der Waals surface area contributed by atoms with Gasteiger partial charge in [-0.1, -0.05) is 29.8 Å². The Morgan fingerprint density at radius 1 is 0.833 bits per heavy atom. The van der Waals surface area contributed by atoms with Crippen LogP contribution in [0, 0.1) is 12.7 Å². The highest BCUT2D eigenvalue weighted by Gasteiger charge is 2.06. The Balaban J connectivity index is 1.67. The lowest BCUT2D eigenvalue weighted by Gasteiger charge is -2.09. The zero-order valence-corrected chi connectivity index (χ0v) is 13.2. The van der Waals surface area contributed by atoms with Gasteiger partial charge in [0.25, 0.3) is 5.91 Å². The molecule has 3 rings (SSSR count). The van der Waals surface area contributed by atoms with Gasteiger partial charge in [0, 0.05) is 16.9 Å². The quantitative estimate of drug-likeness (QED) is 0.699. The molecule has 0 radical (unpaired) electrons. The van der Waals surface area contributed by atoms with E-state index in [0.29, 0.717) is 16.9 Å². The monoisotopic (exact) mass is 320 g/mol. The van der Waals surface area contributed by atoms with Gasteiger partial charge >= 0.3 is 0 Å². The van der Waals surface area contributed by atoms with Crippen molar-refractivity contribution < 1.29 is 9.18 Å². The van der Waals surface area contributed by atoms with Crippen LogP contribution in [0.3, 0.4) is 0 Å². The predicted molar refractivity (Wildman–Crippen MR) is 95.3 cm³/mol. The van der Waals surface area contributed by atoms with E-state index in [2.05, 4.69) is 10.6 Å². The fourth-order valence-electron chi connectivity index (χ4n) is 2.26. The number of para-hydroxylation sites is 1. The molecule has 0 spiro atoms. The number of carbonyl (C=O) groups excluding carboxylic acids is 1. The normalized spacial score (nSPS) is 10.2. The highest BCUT2D eigenvalue weighted by molar-refractivity contribution is 6.04. The van der Waals surface area contributed by atoms with Gasteiger partial charge in [-0.05, 0) is 55.5 Å². The van der Waals surface area contributed by atoms with Gasteiger partial charge in [-0.15, -0.1) is 0 Å². The number of aryl methyl sites for hydroxylation is 1. The minimum absolute atomic E-state index is 0.162. The van der Waals surface area contributed by atoms with E-state index in [0.717, 1.165) is 11.3 Å². The molecule has 120 valence electrons. The largest absolute Gasteiger partial charge is 0.353 e. The van der Waals surface area contributed by atoms with Crippen molar-refractivity contribution in [2.24, 2.45) is 0 Å². The summed E-state index contributed by atoms with van der Waals surface area (Å²) in [6.45, 7) is 1.98. The van der Waals surface area contributed by atoms with Crippen molar-refractivity contribution in [1.29, 1.82) is 0 Å².